The lowest BCUT2D eigenvalue weighted by molar-refractivity contribution is -0.128. The summed E-state index contributed by atoms with van der Waals surface area (Å²) in [5, 5.41) is 6.36. The summed E-state index contributed by atoms with van der Waals surface area (Å²) in [6, 6.07) is 0. The SMILES string of the molecule is CCNC(=NCC(=O)N1CCCC1)NCCCOCCOC.I. The monoisotopic (exact) mass is 442 g/mol. The van der Waals surface area contributed by atoms with Gasteiger partial charge < -0.3 is 25.0 Å². The number of amides is 1. The topological polar surface area (TPSA) is 75.2 Å². The molecule has 0 aromatic rings. The van der Waals surface area contributed by atoms with Gasteiger partial charge in [0, 0.05) is 39.9 Å². The second kappa shape index (κ2) is 14.9. The number of halogens is 1. The minimum atomic E-state index is 0. The van der Waals surface area contributed by atoms with Gasteiger partial charge in [-0.1, -0.05) is 0 Å². The lowest BCUT2D eigenvalue weighted by atomic mass is 10.4. The molecule has 1 fully saturated rings. The summed E-state index contributed by atoms with van der Waals surface area (Å²) >= 11 is 0. The van der Waals surface area contributed by atoms with Crippen LogP contribution in [-0.4, -0.2) is 76.4 Å². The van der Waals surface area contributed by atoms with Crippen LogP contribution in [0.25, 0.3) is 0 Å². The molecule has 1 aliphatic rings. The van der Waals surface area contributed by atoms with Crippen LogP contribution in [0.2, 0.25) is 0 Å². The Morgan fingerprint density at radius 2 is 1.91 bits per heavy atom. The number of rotatable bonds is 10. The van der Waals surface area contributed by atoms with Crippen LogP contribution in [0.15, 0.2) is 4.99 Å². The minimum absolute atomic E-state index is 0. The first-order valence-corrected chi connectivity index (χ1v) is 8.14. The van der Waals surface area contributed by atoms with Gasteiger partial charge in [0.05, 0.1) is 13.2 Å². The van der Waals surface area contributed by atoms with Gasteiger partial charge in [0.2, 0.25) is 5.91 Å². The van der Waals surface area contributed by atoms with Crippen molar-refractivity contribution in [1.29, 1.82) is 0 Å². The van der Waals surface area contributed by atoms with Gasteiger partial charge >= 0.3 is 0 Å². The molecule has 8 heteroatoms. The maximum Gasteiger partial charge on any atom is 0.244 e. The van der Waals surface area contributed by atoms with E-state index in [9.17, 15) is 4.79 Å². The van der Waals surface area contributed by atoms with Crippen LogP contribution in [0.5, 0.6) is 0 Å². The smallest absolute Gasteiger partial charge is 0.244 e. The predicted molar refractivity (Wildman–Crippen MR) is 103 cm³/mol. The van der Waals surface area contributed by atoms with Crippen LogP contribution in [0.1, 0.15) is 26.2 Å². The molecule has 136 valence electrons. The number of carbonyl (C=O) groups excluding carboxylic acids is 1. The van der Waals surface area contributed by atoms with Crippen LogP contribution in [0.3, 0.4) is 0 Å². The summed E-state index contributed by atoms with van der Waals surface area (Å²) in [6.07, 6.45) is 3.10. The van der Waals surface area contributed by atoms with Crippen molar-refractivity contribution in [3.05, 3.63) is 0 Å². The lowest BCUT2D eigenvalue weighted by Gasteiger charge is -2.15. The largest absolute Gasteiger partial charge is 0.382 e. The molecule has 0 aromatic carbocycles. The quantitative estimate of drug-likeness (QED) is 0.227. The molecule has 0 aliphatic carbocycles. The molecular weight excluding hydrogens is 411 g/mol. The fourth-order valence-corrected chi connectivity index (χ4v) is 2.18. The lowest BCUT2D eigenvalue weighted by Crippen LogP contribution is -2.39. The second-order valence-corrected chi connectivity index (χ2v) is 5.17. The predicted octanol–water partition coefficient (Wildman–Crippen LogP) is 0.835. The van der Waals surface area contributed by atoms with Crippen molar-refractivity contribution in [1.82, 2.24) is 15.5 Å². The first kappa shape index (κ1) is 22.4. The maximum absolute atomic E-state index is 12.0. The van der Waals surface area contributed by atoms with E-state index < -0.39 is 0 Å². The summed E-state index contributed by atoms with van der Waals surface area (Å²) in [5.74, 6) is 0.796. The molecule has 1 rings (SSSR count). The molecule has 2 N–H and O–H groups in total. The van der Waals surface area contributed by atoms with E-state index >= 15 is 0 Å². The fraction of sp³-hybridized carbons (Fsp3) is 0.867. The molecule has 1 aliphatic heterocycles. The first-order valence-electron chi connectivity index (χ1n) is 8.14. The summed E-state index contributed by atoms with van der Waals surface area (Å²) in [5.41, 5.74) is 0. The van der Waals surface area contributed by atoms with Gasteiger partial charge in [-0.05, 0) is 26.2 Å². The summed E-state index contributed by atoms with van der Waals surface area (Å²) in [6.45, 7) is 7.42. The number of methoxy groups -OCH3 is 1. The van der Waals surface area contributed by atoms with Gasteiger partial charge in [-0.25, -0.2) is 4.99 Å². The molecule has 0 aromatic heterocycles. The van der Waals surface area contributed by atoms with Crippen molar-refractivity contribution in [2.45, 2.75) is 26.2 Å². The van der Waals surface area contributed by atoms with E-state index in [-0.39, 0.29) is 36.4 Å². The molecule has 0 saturated carbocycles. The van der Waals surface area contributed by atoms with Crippen molar-refractivity contribution >= 4 is 35.8 Å². The molecule has 1 saturated heterocycles. The molecule has 7 nitrogen and oxygen atoms in total. The van der Waals surface area contributed by atoms with Crippen LogP contribution in [0.4, 0.5) is 0 Å². The second-order valence-electron chi connectivity index (χ2n) is 5.17. The Morgan fingerprint density at radius 1 is 1.17 bits per heavy atom. The van der Waals surface area contributed by atoms with Crippen molar-refractivity contribution < 1.29 is 14.3 Å². The van der Waals surface area contributed by atoms with E-state index in [1.54, 1.807) is 7.11 Å². The van der Waals surface area contributed by atoms with E-state index in [1.807, 2.05) is 11.8 Å². The van der Waals surface area contributed by atoms with Gasteiger partial charge in [-0.15, -0.1) is 24.0 Å². The van der Waals surface area contributed by atoms with E-state index in [1.165, 1.54) is 0 Å². The fourth-order valence-electron chi connectivity index (χ4n) is 2.18. The van der Waals surface area contributed by atoms with Gasteiger partial charge in [0.25, 0.3) is 0 Å². The van der Waals surface area contributed by atoms with Crippen molar-refractivity contribution in [2.75, 3.05) is 59.7 Å². The Morgan fingerprint density at radius 3 is 2.57 bits per heavy atom. The molecule has 1 amide bonds. The van der Waals surface area contributed by atoms with Gasteiger partial charge in [0.15, 0.2) is 5.96 Å². The van der Waals surface area contributed by atoms with Crippen LogP contribution < -0.4 is 10.6 Å². The highest BCUT2D eigenvalue weighted by Crippen LogP contribution is 2.07. The summed E-state index contributed by atoms with van der Waals surface area (Å²) < 4.78 is 10.3. The molecule has 0 spiro atoms. The number of ether oxygens (including phenoxy) is 2. The minimum Gasteiger partial charge on any atom is -0.382 e. The molecule has 1 heterocycles. The van der Waals surface area contributed by atoms with Crippen LogP contribution >= 0.6 is 24.0 Å². The van der Waals surface area contributed by atoms with E-state index in [0.29, 0.717) is 25.8 Å². The number of hydrogen-bond donors (Lipinski definition) is 2. The number of nitrogens with zero attached hydrogens (tertiary/aromatic N) is 2. The Hall–Kier alpha value is -0.610. The van der Waals surface area contributed by atoms with E-state index in [0.717, 1.165) is 45.4 Å². The number of hydrogen-bond acceptors (Lipinski definition) is 4. The van der Waals surface area contributed by atoms with Gasteiger partial charge in [-0.2, -0.15) is 0 Å². The summed E-state index contributed by atoms with van der Waals surface area (Å²) in [7, 11) is 1.66. The maximum atomic E-state index is 12.0. The van der Waals surface area contributed by atoms with E-state index in [2.05, 4.69) is 15.6 Å². The molecule has 0 radical (unpaired) electrons. The van der Waals surface area contributed by atoms with Gasteiger partial charge in [0.1, 0.15) is 6.54 Å². The molecule has 0 atom stereocenters. The van der Waals surface area contributed by atoms with Crippen LogP contribution in [0, 0.1) is 0 Å². The number of guanidine groups is 1. The highest BCUT2D eigenvalue weighted by atomic mass is 127. The number of carbonyl (C=O) groups is 1. The molecule has 0 bridgehead atoms. The average Bonchev–Trinajstić information content (AvgIpc) is 3.05. The zero-order chi connectivity index (χ0) is 16.0. The highest BCUT2D eigenvalue weighted by molar-refractivity contribution is 14.0. The van der Waals surface area contributed by atoms with Crippen molar-refractivity contribution in [2.24, 2.45) is 4.99 Å². The average molecular weight is 442 g/mol. The third-order valence-corrected chi connectivity index (χ3v) is 3.37. The Labute approximate surface area is 156 Å². The van der Waals surface area contributed by atoms with Crippen LogP contribution in [-0.2, 0) is 14.3 Å². The van der Waals surface area contributed by atoms with Crippen molar-refractivity contribution in [3.63, 3.8) is 0 Å². The molecular formula is C15H31IN4O3. The van der Waals surface area contributed by atoms with Gasteiger partial charge in [-0.3, -0.25) is 4.79 Å². The summed E-state index contributed by atoms with van der Waals surface area (Å²) in [4.78, 5) is 18.2. The number of nitrogens with one attached hydrogen (secondary N) is 2. The van der Waals surface area contributed by atoms with Crippen molar-refractivity contribution in [3.8, 4) is 0 Å². The third-order valence-electron chi connectivity index (χ3n) is 3.37. The standard InChI is InChI=1S/C15H30N4O3.HI/c1-3-16-15(17-7-6-10-22-12-11-21-2)18-13-14(20)19-8-4-5-9-19;/h3-13H2,1-2H3,(H2,16,17,18);1H. The van der Waals surface area contributed by atoms with E-state index in [4.69, 9.17) is 9.47 Å². The normalized spacial score (nSPS) is 14.5. The zero-order valence-electron chi connectivity index (χ0n) is 14.3. The first-order chi connectivity index (χ1) is 10.8. The Balaban J connectivity index is 0.00000484. The number of likely N-dealkylation sites (tertiary alicyclic amines) is 1. The number of aliphatic imine (C=N–C) groups is 1. The Kier molecular flexibility index (Phi) is 14.6. The Bertz CT molecular complexity index is 337. The molecule has 23 heavy (non-hydrogen) atoms. The molecule has 0 unspecified atom stereocenters. The zero-order valence-corrected chi connectivity index (χ0v) is 16.6. The third kappa shape index (κ3) is 10.7. The highest BCUT2D eigenvalue weighted by Gasteiger charge is 2.17.